The van der Waals surface area contributed by atoms with Crippen molar-refractivity contribution in [3.8, 4) is 0 Å². The van der Waals surface area contributed by atoms with Gasteiger partial charge < -0.3 is 10.4 Å². The Labute approximate surface area is 125 Å². The Bertz CT molecular complexity index is 465. The molecule has 5 nitrogen and oxygen atoms in total. The van der Waals surface area contributed by atoms with Crippen LogP contribution in [0.4, 0.5) is 5.69 Å². The van der Waals surface area contributed by atoms with Gasteiger partial charge in [0.25, 0.3) is 0 Å². The quantitative estimate of drug-likeness (QED) is 0.843. The number of carboxylic acid groups (broad SMARTS) is 1. The monoisotopic (exact) mass is 300 g/mol. The zero-order chi connectivity index (χ0) is 14.4. The molecule has 0 aliphatic carbocycles. The minimum atomic E-state index is -0.941. The maximum Gasteiger partial charge on any atom is 0.320 e. The number of carbonyl (C=O) groups is 2. The van der Waals surface area contributed by atoms with E-state index in [4.69, 9.17) is 5.11 Å². The first-order valence-corrected chi connectivity index (χ1v) is 6.26. The molecular formula is C14H21ClN2O3. The molecule has 0 aromatic heterocycles. The number of anilines is 1. The van der Waals surface area contributed by atoms with Crippen molar-refractivity contribution in [2.45, 2.75) is 26.3 Å². The topological polar surface area (TPSA) is 69.6 Å². The Morgan fingerprint density at radius 1 is 1.40 bits per heavy atom. The van der Waals surface area contributed by atoms with Crippen LogP contribution in [-0.2, 0) is 16.0 Å². The van der Waals surface area contributed by atoms with Crippen molar-refractivity contribution in [2.75, 3.05) is 18.9 Å². The van der Waals surface area contributed by atoms with Gasteiger partial charge in [0.05, 0.1) is 6.54 Å². The minimum absolute atomic E-state index is 0. The van der Waals surface area contributed by atoms with E-state index < -0.39 is 12.0 Å². The molecule has 2 N–H and O–H groups in total. The summed E-state index contributed by atoms with van der Waals surface area (Å²) in [6, 6.07) is 6.93. The number of carbonyl (C=O) groups excluding carboxylic acids is 1. The summed E-state index contributed by atoms with van der Waals surface area (Å²) < 4.78 is 0. The third-order valence-corrected chi connectivity index (χ3v) is 3.03. The van der Waals surface area contributed by atoms with Crippen LogP contribution < -0.4 is 5.32 Å². The lowest BCUT2D eigenvalue weighted by atomic mass is 10.1. The molecule has 0 aliphatic heterocycles. The molecule has 1 unspecified atom stereocenters. The Balaban J connectivity index is 0.00000361. The van der Waals surface area contributed by atoms with E-state index in [0.717, 1.165) is 17.7 Å². The molecule has 0 saturated carbocycles. The van der Waals surface area contributed by atoms with Gasteiger partial charge >= 0.3 is 5.97 Å². The molecule has 0 radical (unpaired) electrons. The molecule has 0 heterocycles. The van der Waals surface area contributed by atoms with E-state index in [0.29, 0.717) is 0 Å². The van der Waals surface area contributed by atoms with Gasteiger partial charge in [-0.2, -0.15) is 0 Å². The molecule has 1 aromatic rings. The van der Waals surface area contributed by atoms with Gasteiger partial charge in [-0.25, -0.2) is 0 Å². The summed E-state index contributed by atoms with van der Waals surface area (Å²) in [7, 11) is 1.61. The van der Waals surface area contributed by atoms with Crippen LogP contribution in [0.5, 0.6) is 0 Å². The van der Waals surface area contributed by atoms with Crippen LogP contribution in [0.15, 0.2) is 24.3 Å². The van der Waals surface area contributed by atoms with Crippen molar-refractivity contribution < 1.29 is 14.7 Å². The average molecular weight is 301 g/mol. The second kappa shape index (κ2) is 8.55. The highest BCUT2D eigenvalue weighted by Crippen LogP contribution is 2.11. The first kappa shape index (κ1) is 18.4. The second-order valence-electron chi connectivity index (χ2n) is 4.53. The first-order valence-electron chi connectivity index (χ1n) is 6.26. The van der Waals surface area contributed by atoms with E-state index in [1.165, 1.54) is 4.90 Å². The SMILES string of the molecule is CCc1cccc(NC(=O)CN(C)C(C)C(=O)O)c1.Cl. The van der Waals surface area contributed by atoms with Gasteiger partial charge in [0.15, 0.2) is 0 Å². The average Bonchev–Trinajstić information content (AvgIpc) is 2.37. The second-order valence-corrected chi connectivity index (χ2v) is 4.53. The van der Waals surface area contributed by atoms with E-state index in [9.17, 15) is 9.59 Å². The molecule has 112 valence electrons. The highest BCUT2D eigenvalue weighted by atomic mass is 35.5. The number of amides is 1. The van der Waals surface area contributed by atoms with Crippen molar-refractivity contribution >= 4 is 30.0 Å². The van der Waals surface area contributed by atoms with Gasteiger partial charge in [-0.3, -0.25) is 14.5 Å². The number of benzene rings is 1. The van der Waals surface area contributed by atoms with E-state index in [1.807, 2.05) is 31.2 Å². The van der Waals surface area contributed by atoms with Crippen molar-refractivity contribution in [3.05, 3.63) is 29.8 Å². The molecule has 20 heavy (non-hydrogen) atoms. The number of likely N-dealkylation sites (N-methyl/N-ethyl adjacent to an activating group) is 1. The van der Waals surface area contributed by atoms with Crippen molar-refractivity contribution in [1.29, 1.82) is 0 Å². The van der Waals surface area contributed by atoms with Crippen LogP contribution in [-0.4, -0.2) is 41.5 Å². The molecule has 6 heteroatoms. The summed E-state index contributed by atoms with van der Waals surface area (Å²) >= 11 is 0. The summed E-state index contributed by atoms with van der Waals surface area (Å²) in [4.78, 5) is 24.1. The Kier molecular flexibility index (Phi) is 7.87. The van der Waals surface area contributed by atoms with E-state index in [2.05, 4.69) is 5.32 Å². The number of hydrogen-bond donors (Lipinski definition) is 2. The number of nitrogens with one attached hydrogen (secondary N) is 1. The normalized spacial score (nSPS) is 11.6. The van der Waals surface area contributed by atoms with Crippen molar-refractivity contribution in [2.24, 2.45) is 0 Å². The standard InChI is InChI=1S/C14H20N2O3.ClH/c1-4-11-6-5-7-12(8-11)15-13(17)9-16(3)10(2)14(18)19;/h5-8,10H,4,9H2,1-3H3,(H,15,17)(H,18,19);1H. The molecule has 0 spiro atoms. The maximum absolute atomic E-state index is 11.8. The third kappa shape index (κ3) is 5.59. The van der Waals surface area contributed by atoms with Gasteiger partial charge in [-0.15, -0.1) is 12.4 Å². The lowest BCUT2D eigenvalue weighted by Crippen LogP contribution is -2.40. The molecule has 0 bridgehead atoms. The predicted molar refractivity (Wildman–Crippen MR) is 81.4 cm³/mol. The van der Waals surface area contributed by atoms with Crippen molar-refractivity contribution in [1.82, 2.24) is 4.90 Å². The summed E-state index contributed by atoms with van der Waals surface area (Å²) in [5, 5.41) is 11.6. The minimum Gasteiger partial charge on any atom is -0.480 e. The van der Waals surface area contributed by atoms with Gasteiger partial charge in [0.2, 0.25) is 5.91 Å². The fourth-order valence-electron chi connectivity index (χ4n) is 1.62. The number of rotatable bonds is 6. The Hall–Kier alpha value is -1.59. The third-order valence-electron chi connectivity index (χ3n) is 3.03. The molecule has 0 saturated heterocycles. The van der Waals surface area contributed by atoms with Gasteiger partial charge in [0, 0.05) is 5.69 Å². The van der Waals surface area contributed by atoms with Gasteiger partial charge in [0.1, 0.15) is 6.04 Å². The van der Waals surface area contributed by atoms with Gasteiger partial charge in [-0.1, -0.05) is 19.1 Å². The molecule has 1 atom stereocenters. The number of aliphatic carboxylic acids is 1. The highest BCUT2D eigenvalue weighted by Gasteiger charge is 2.18. The van der Waals surface area contributed by atoms with E-state index in [-0.39, 0.29) is 24.9 Å². The van der Waals surface area contributed by atoms with Crippen molar-refractivity contribution in [3.63, 3.8) is 0 Å². The maximum atomic E-state index is 11.8. The highest BCUT2D eigenvalue weighted by molar-refractivity contribution is 5.92. The Morgan fingerprint density at radius 2 is 2.05 bits per heavy atom. The molecular weight excluding hydrogens is 280 g/mol. The van der Waals surface area contributed by atoms with Crippen LogP contribution in [0.25, 0.3) is 0 Å². The molecule has 0 aliphatic rings. The van der Waals surface area contributed by atoms with E-state index >= 15 is 0 Å². The number of hydrogen-bond acceptors (Lipinski definition) is 3. The summed E-state index contributed by atoms with van der Waals surface area (Å²) in [5.74, 6) is -1.16. The zero-order valence-electron chi connectivity index (χ0n) is 11.9. The number of carboxylic acids is 1. The predicted octanol–water partition coefficient (Wildman–Crippen LogP) is 2.01. The largest absolute Gasteiger partial charge is 0.480 e. The fourth-order valence-corrected chi connectivity index (χ4v) is 1.62. The summed E-state index contributed by atoms with van der Waals surface area (Å²) in [6.07, 6.45) is 0.902. The van der Waals surface area contributed by atoms with Crippen LogP contribution in [0.1, 0.15) is 19.4 Å². The summed E-state index contributed by atoms with van der Waals surface area (Å²) in [6.45, 7) is 3.64. The molecule has 1 rings (SSSR count). The number of halogens is 1. The first-order chi connectivity index (χ1) is 8.93. The van der Waals surface area contributed by atoms with Crippen LogP contribution >= 0.6 is 12.4 Å². The molecule has 0 fully saturated rings. The van der Waals surface area contributed by atoms with E-state index in [1.54, 1.807) is 14.0 Å². The van der Waals surface area contributed by atoms with Gasteiger partial charge in [-0.05, 0) is 38.1 Å². The van der Waals surface area contributed by atoms with Crippen LogP contribution in [0.2, 0.25) is 0 Å². The molecule has 1 amide bonds. The molecule has 1 aromatic carbocycles. The number of aryl methyl sites for hydroxylation is 1. The fraction of sp³-hybridized carbons (Fsp3) is 0.429. The number of nitrogens with zero attached hydrogens (tertiary/aromatic N) is 1. The zero-order valence-corrected chi connectivity index (χ0v) is 12.7. The lowest BCUT2D eigenvalue weighted by Gasteiger charge is -2.20. The lowest BCUT2D eigenvalue weighted by molar-refractivity contribution is -0.142. The van der Waals surface area contributed by atoms with Crippen LogP contribution in [0.3, 0.4) is 0 Å². The Morgan fingerprint density at radius 3 is 2.60 bits per heavy atom. The smallest absolute Gasteiger partial charge is 0.320 e. The summed E-state index contributed by atoms with van der Waals surface area (Å²) in [5.41, 5.74) is 1.88. The van der Waals surface area contributed by atoms with Crippen LogP contribution in [0, 0.1) is 0 Å².